The highest BCUT2D eigenvalue weighted by Crippen LogP contribution is 2.27. The zero-order valence-corrected chi connectivity index (χ0v) is 19.8. The highest BCUT2D eigenvalue weighted by molar-refractivity contribution is 5.97. The number of nitrogens with one attached hydrogen (secondary N) is 3. The summed E-state index contributed by atoms with van der Waals surface area (Å²) in [5, 5.41) is 2.63. The first-order valence-electron chi connectivity index (χ1n) is 10.5. The molecule has 1 atom stereocenters. The van der Waals surface area contributed by atoms with Crippen molar-refractivity contribution < 1.29 is 33.4 Å². The molecule has 1 unspecified atom stereocenters. The Kier molecular flexibility index (Phi) is 9.42. The lowest BCUT2D eigenvalue weighted by molar-refractivity contribution is -0.151. The van der Waals surface area contributed by atoms with Crippen LogP contribution in [0.2, 0.25) is 0 Å². The molecule has 2 rings (SSSR count). The monoisotopic (exact) mass is 471 g/mol. The van der Waals surface area contributed by atoms with E-state index in [1.165, 1.54) is 26.4 Å². The van der Waals surface area contributed by atoms with Crippen molar-refractivity contribution >= 4 is 23.7 Å². The summed E-state index contributed by atoms with van der Waals surface area (Å²) in [5.41, 5.74) is 6.01. The second-order valence-electron chi connectivity index (χ2n) is 7.74. The predicted molar refractivity (Wildman–Crippen MR) is 123 cm³/mol. The Morgan fingerprint density at radius 2 is 1.44 bits per heavy atom. The van der Waals surface area contributed by atoms with Gasteiger partial charge >= 0.3 is 5.97 Å². The molecule has 0 radical (unpaired) electrons. The minimum Gasteiger partial charge on any atom is -0.493 e. The second-order valence-corrected chi connectivity index (χ2v) is 7.74. The minimum atomic E-state index is -0.956. The number of aryl methyl sites for hydroxylation is 1. The smallest absolute Gasteiger partial charge is 0.329 e. The summed E-state index contributed by atoms with van der Waals surface area (Å²) in [6.45, 7) is 4.74. The minimum absolute atomic E-state index is 0.216. The third kappa shape index (κ3) is 7.22. The molecule has 34 heavy (non-hydrogen) atoms. The molecule has 0 aliphatic rings. The summed E-state index contributed by atoms with van der Waals surface area (Å²) in [6, 6.07) is 10.4. The maximum absolute atomic E-state index is 12.5. The molecule has 2 aromatic carbocycles. The molecule has 0 aliphatic heterocycles. The number of methoxy groups -OCH3 is 2. The molecule has 0 fully saturated rings. The van der Waals surface area contributed by atoms with Crippen LogP contribution >= 0.6 is 0 Å². The highest BCUT2D eigenvalue weighted by atomic mass is 16.5. The molecular weight excluding hydrogens is 442 g/mol. The van der Waals surface area contributed by atoms with E-state index in [-0.39, 0.29) is 11.5 Å². The van der Waals surface area contributed by atoms with Gasteiger partial charge in [0.25, 0.3) is 17.7 Å². The van der Waals surface area contributed by atoms with Gasteiger partial charge in [-0.1, -0.05) is 31.5 Å². The van der Waals surface area contributed by atoms with E-state index in [1.807, 2.05) is 6.92 Å². The van der Waals surface area contributed by atoms with Crippen molar-refractivity contribution in [3.63, 3.8) is 0 Å². The first kappa shape index (κ1) is 26.2. The highest BCUT2D eigenvalue weighted by Gasteiger charge is 2.27. The van der Waals surface area contributed by atoms with Gasteiger partial charge in [-0.25, -0.2) is 4.79 Å². The lowest BCUT2D eigenvalue weighted by Crippen LogP contribution is -2.47. The van der Waals surface area contributed by atoms with E-state index in [9.17, 15) is 19.2 Å². The van der Waals surface area contributed by atoms with E-state index >= 15 is 0 Å². The van der Waals surface area contributed by atoms with Crippen molar-refractivity contribution in [2.75, 3.05) is 20.8 Å². The van der Waals surface area contributed by atoms with Gasteiger partial charge in [0.1, 0.15) is 6.04 Å². The molecule has 3 amide bonds. The van der Waals surface area contributed by atoms with Crippen LogP contribution in [0.25, 0.3) is 0 Å². The van der Waals surface area contributed by atoms with Gasteiger partial charge in [0.2, 0.25) is 0 Å². The molecule has 0 aliphatic carbocycles. The van der Waals surface area contributed by atoms with Gasteiger partial charge in [0.05, 0.1) is 14.2 Å². The van der Waals surface area contributed by atoms with Crippen LogP contribution in [0.3, 0.4) is 0 Å². The number of carbonyl (C=O) groups is 4. The summed E-state index contributed by atoms with van der Waals surface area (Å²) < 4.78 is 15.3. The number of amides is 3. The average molecular weight is 472 g/mol. The Morgan fingerprint density at radius 1 is 0.824 bits per heavy atom. The zero-order valence-electron chi connectivity index (χ0n) is 19.8. The second kappa shape index (κ2) is 12.2. The van der Waals surface area contributed by atoms with Gasteiger partial charge in [-0.05, 0) is 43.2 Å². The molecule has 2 aromatic rings. The Balaban J connectivity index is 1.87. The average Bonchev–Trinajstić information content (AvgIpc) is 2.83. The Bertz CT molecular complexity index is 1040. The fourth-order valence-electron chi connectivity index (χ4n) is 2.87. The van der Waals surface area contributed by atoms with Gasteiger partial charge in [-0.2, -0.15) is 0 Å². The fraction of sp³-hybridized carbons (Fsp3) is 0.333. The Labute approximate surface area is 197 Å². The number of esters is 1. The Morgan fingerprint density at radius 3 is 2.03 bits per heavy atom. The van der Waals surface area contributed by atoms with Gasteiger partial charge in [-0.3, -0.25) is 25.2 Å². The summed E-state index contributed by atoms with van der Waals surface area (Å²) in [6.07, 6.45) is 0. The largest absolute Gasteiger partial charge is 0.493 e. The van der Waals surface area contributed by atoms with Crippen molar-refractivity contribution in [1.29, 1.82) is 0 Å². The summed E-state index contributed by atoms with van der Waals surface area (Å²) in [4.78, 5) is 49.2. The topological polar surface area (TPSA) is 132 Å². The molecule has 182 valence electrons. The summed E-state index contributed by atoms with van der Waals surface area (Å²) in [5.74, 6) is -2.04. The van der Waals surface area contributed by atoms with Crippen molar-refractivity contribution in [1.82, 2.24) is 16.2 Å². The van der Waals surface area contributed by atoms with Crippen molar-refractivity contribution in [2.24, 2.45) is 5.92 Å². The van der Waals surface area contributed by atoms with Crippen molar-refractivity contribution in [2.45, 2.75) is 26.8 Å². The number of carbonyl (C=O) groups excluding carboxylic acids is 4. The SMILES string of the molecule is COc1ccc(C(=O)NNC(=O)COC(=O)C(NC(=O)c2ccc(C)cc2)C(C)C)cc1OC. The molecule has 0 bridgehead atoms. The van der Waals surface area contributed by atoms with E-state index in [0.717, 1.165) is 5.56 Å². The third-order valence-corrected chi connectivity index (χ3v) is 4.83. The normalized spacial score (nSPS) is 11.2. The molecular formula is C24H29N3O7. The number of hydrogen-bond acceptors (Lipinski definition) is 7. The van der Waals surface area contributed by atoms with E-state index < -0.39 is 36.3 Å². The van der Waals surface area contributed by atoms with E-state index in [2.05, 4.69) is 16.2 Å². The molecule has 0 saturated carbocycles. The first-order chi connectivity index (χ1) is 16.2. The first-order valence-corrected chi connectivity index (χ1v) is 10.5. The van der Waals surface area contributed by atoms with Gasteiger partial charge in [0.15, 0.2) is 18.1 Å². The quantitative estimate of drug-likeness (QED) is 0.375. The van der Waals surface area contributed by atoms with Crippen molar-refractivity contribution in [3.8, 4) is 11.5 Å². The number of ether oxygens (including phenoxy) is 3. The number of hydrazine groups is 1. The van der Waals surface area contributed by atoms with Crippen LogP contribution in [0.4, 0.5) is 0 Å². The predicted octanol–water partition coefficient (Wildman–Crippen LogP) is 1.77. The molecule has 0 heterocycles. The molecule has 10 heteroatoms. The third-order valence-electron chi connectivity index (χ3n) is 4.83. The van der Waals surface area contributed by atoms with Gasteiger partial charge in [-0.15, -0.1) is 0 Å². The van der Waals surface area contributed by atoms with Crippen LogP contribution in [0, 0.1) is 12.8 Å². The molecule has 0 aromatic heterocycles. The molecule has 0 spiro atoms. The number of benzene rings is 2. The summed E-state index contributed by atoms with van der Waals surface area (Å²) in [7, 11) is 2.90. The molecule has 10 nitrogen and oxygen atoms in total. The van der Waals surface area contributed by atoms with E-state index in [1.54, 1.807) is 44.2 Å². The number of rotatable bonds is 9. The van der Waals surface area contributed by atoms with Crippen LogP contribution < -0.4 is 25.6 Å². The zero-order chi connectivity index (χ0) is 25.3. The maximum Gasteiger partial charge on any atom is 0.329 e. The molecule has 3 N–H and O–H groups in total. The molecule has 0 saturated heterocycles. The van der Waals surface area contributed by atoms with E-state index in [0.29, 0.717) is 17.1 Å². The van der Waals surface area contributed by atoms with Crippen LogP contribution in [0.5, 0.6) is 11.5 Å². The maximum atomic E-state index is 12.5. The fourth-order valence-corrected chi connectivity index (χ4v) is 2.87. The van der Waals surface area contributed by atoms with E-state index in [4.69, 9.17) is 14.2 Å². The lowest BCUT2D eigenvalue weighted by Gasteiger charge is -2.21. The van der Waals surface area contributed by atoms with Crippen LogP contribution in [-0.2, 0) is 14.3 Å². The standard InChI is InChI=1S/C24H29N3O7/c1-14(2)21(25-22(29)16-8-6-15(3)7-9-16)24(31)34-13-20(28)26-27-23(30)17-10-11-18(32-4)19(12-17)33-5/h6-12,14,21H,13H2,1-5H3,(H,25,29)(H,26,28)(H,27,30). The van der Waals surface area contributed by atoms with Crippen LogP contribution in [-0.4, -0.2) is 50.6 Å². The van der Waals surface area contributed by atoms with Gasteiger partial charge in [0, 0.05) is 11.1 Å². The van der Waals surface area contributed by atoms with Crippen molar-refractivity contribution in [3.05, 3.63) is 59.2 Å². The lowest BCUT2D eigenvalue weighted by atomic mass is 10.0. The van der Waals surface area contributed by atoms with Crippen LogP contribution in [0.15, 0.2) is 42.5 Å². The van der Waals surface area contributed by atoms with Crippen LogP contribution in [0.1, 0.15) is 40.1 Å². The Hall–Kier alpha value is -4.08. The number of hydrogen-bond donors (Lipinski definition) is 3. The van der Waals surface area contributed by atoms with Gasteiger partial charge < -0.3 is 19.5 Å². The summed E-state index contributed by atoms with van der Waals surface area (Å²) >= 11 is 0.